The Morgan fingerprint density at radius 3 is 2.04 bits per heavy atom. The lowest BCUT2D eigenvalue weighted by Crippen LogP contribution is -2.28. The minimum absolute atomic E-state index is 0.216. The molecule has 140 valence electrons. The summed E-state index contributed by atoms with van der Waals surface area (Å²) in [6.07, 6.45) is 0.664. The van der Waals surface area contributed by atoms with Gasteiger partial charge in [-0.1, -0.05) is 55.0 Å². The van der Waals surface area contributed by atoms with E-state index in [1.165, 1.54) is 0 Å². The smallest absolute Gasteiger partial charge is 0.241 e. The van der Waals surface area contributed by atoms with Gasteiger partial charge < -0.3 is 4.74 Å². The molecular formula is C22H23NO3S. The van der Waals surface area contributed by atoms with E-state index < -0.39 is 10.0 Å². The van der Waals surface area contributed by atoms with E-state index in [1.54, 1.807) is 24.3 Å². The molecule has 0 aliphatic heterocycles. The van der Waals surface area contributed by atoms with E-state index in [0.29, 0.717) is 17.9 Å². The molecule has 1 N–H and O–H groups in total. The third-order valence-electron chi connectivity index (χ3n) is 4.30. The summed E-state index contributed by atoms with van der Waals surface area (Å²) in [4.78, 5) is 0.216. The van der Waals surface area contributed by atoms with Gasteiger partial charge in [-0.2, -0.15) is 0 Å². The van der Waals surface area contributed by atoms with Crippen molar-refractivity contribution in [2.75, 3.05) is 0 Å². The average molecular weight is 381 g/mol. The van der Waals surface area contributed by atoms with Gasteiger partial charge in [0.1, 0.15) is 11.5 Å². The van der Waals surface area contributed by atoms with Crippen LogP contribution in [0.1, 0.15) is 30.5 Å². The zero-order chi connectivity index (χ0) is 19.3. The van der Waals surface area contributed by atoms with Crippen LogP contribution in [0.3, 0.4) is 0 Å². The molecule has 3 rings (SSSR count). The van der Waals surface area contributed by atoms with Crippen molar-refractivity contribution in [3.05, 3.63) is 90.0 Å². The topological polar surface area (TPSA) is 55.4 Å². The minimum Gasteiger partial charge on any atom is -0.457 e. The van der Waals surface area contributed by atoms with E-state index in [-0.39, 0.29) is 10.9 Å². The van der Waals surface area contributed by atoms with E-state index in [0.717, 1.165) is 11.1 Å². The van der Waals surface area contributed by atoms with Crippen LogP contribution >= 0.6 is 0 Å². The van der Waals surface area contributed by atoms with Gasteiger partial charge in [-0.05, 0) is 55.3 Å². The quantitative estimate of drug-likeness (QED) is 0.611. The van der Waals surface area contributed by atoms with Gasteiger partial charge in [0.15, 0.2) is 0 Å². The van der Waals surface area contributed by atoms with Crippen molar-refractivity contribution < 1.29 is 13.2 Å². The maximum absolute atomic E-state index is 12.8. The summed E-state index contributed by atoms with van der Waals surface area (Å²) in [6, 6.07) is 23.4. The van der Waals surface area contributed by atoms with Crippen LogP contribution in [0.15, 0.2) is 83.8 Å². The molecule has 0 aliphatic rings. The highest BCUT2D eigenvalue weighted by Crippen LogP contribution is 2.24. The zero-order valence-electron chi connectivity index (χ0n) is 15.4. The molecule has 3 aromatic rings. The SMILES string of the molecule is CC[C@H](NS(=O)(=O)c1ccc(Oc2ccccc2)cc1)c1ccc(C)cc1. The molecule has 0 bridgehead atoms. The second kappa shape index (κ2) is 8.37. The molecule has 0 fully saturated rings. The molecule has 0 saturated carbocycles. The van der Waals surface area contributed by atoms with Crippen molar-refractivity contribution in [1.29, 1.82) is 0 Å². The Hall–Kier alpha value is -2.63. The molecule has 0 unspecified atom stereocenters. The van der Waals surface area contributed by atoms with E-state index in [4.69, 9.17) is 4.74 Å². The molecular weight excluding hydrogens is 358 g/mol. The van der Waals surface area contributed by atoms with Gasteiger partial charge in [0.2, 0.25) is 10.0 Å². The van der Waals surface area contributed by atoms with Crippen LogP contribution < -0.4 is 9.46 Å². The fourth-order valence-electron chi connectivity index (χ4n) is 2.75. The molecule has 0 amide bonds. The van der Waals surface area contributed by atoms with E-state index in [1.807, 2.05) is 68.4 Å². The van der Waals surface area contributed by atoms with Crippen LogP contribution in [0.5, 0.6) is 11.5 Å². The first kappa shape index (κ1) is 19.1. The van der Waals surface area contributed by atoms with Crippen molar-refractivity contribution in [2.24, 2.45) is 0 Å². The fraction of sp³-hybridized carbons (Fsp3) is 0.182. The monoisotopic (exact) mass is 381 g/mol. The Balaban J connectivity index is 1.74. The second-order valence-corrected chi connectivity index (χ2v) is 8.09. The molecule has 0 aliphatic carbocycles. The zero-order valence-corrected chi connectivity index (χ0v) is 16.2. The lowest BCUT2D eigenvalue weighted by atomic mass is 10.0. The molecule has 0 saturated heterocycles. The highest BCUT2D eigenvalue weighted by atomic mass is 32.2. The summed E-state index contributed by atoms with van der Waals surface area (Å²) in [5.74, 6) is 1.29. The average Bonchev–Trinajstić information content (AvgIpc) is 2.68. The maximum atomic E-state index is 12.8. The van der Waals surface area contributed by atoms with Crippen molar-refractivity contribution in [2.45, 2.75) is 31.2 Å². The van der Waals surface area contributed by atoms with Gasteiger partial charge in [0.05, 0.1) is 4.90 Å². The first-order valence-electron chi connectivity index (χ1n) is 8.90. The van der Waals surface area contributed by atoms with Gasteiger partial charge in [-0.15, -0.1) is 0 Å². The standard InChI is InChI=1S/C22H23NO3S/c1-3-22(18-11-9-17(2)10-12-18)23-27(24,25)21-15-13-20(14-16-21)26-19-7-5-4-6-8-19/h4-16,22-23H,3H2,1-2H3/t22-/m0/s1. The third-order valence-corrected chi connectivity index (χ3v) is 5.79. The van der Waals surface area contributed by atoms with Crippen molar-refractivity contribution in [3.63, 3.8) is 0 Å². The number of hydrogen-bond donors (Lipinski definition) is 1. The summed E-state index contributed by atoms with van der Waals surface area (Å²) in [5, 5.41) is 0. The Kier molecular flexibility index (Phi) is 5.94. The highest BCUT2D eigenvalue weighted by Gasteiger charge is 2.20. The Labute approximate surface area is 160 Å². The number of benzene rings is 3. The first-order valence-corrected chi connectivity index (χ1v) is 10.4. The van der Waals surface area contributed by atoms with Crippen molar-refractivity contribution >= 4 is 10.0 Å². The largest absolute Gasteiger partial charge is 0.457 e. The number of hydrogen-bond acceptors (Lipinski definition) is 3. The van der Waals surface area contributed by atoms with Crippen molar-refractivity contribution in [1.82, 2.24) is 4.72 Å². The molecule has 3 aromatic carbocycles. The Bertz CT molecular complexity index is 966. The number of rotatable bonds is 7. The normalized spacial score (nSPS) is 12.5. The molecule has 0 radical (unpaired) electrons. The maximum Gasteiger partial charge on any atom is 0.241 e. The van der Waals surface area contributed by atoms with Crippen molar-refractivity contribution in [3.8, 4) is 11.5 Å². The minimum atomic E-state index is -3.63. The molecule has 1 atom stereocenters. The van der Waals surface area contributed by atoms with Gasteiger partial charge in [0, 0.05) is 6.04 Å². The van der Waals surface area contributed by atoms with Crippen LogP contribution in [-0.4, -0.2) is 8.42 Å². The predicted molar refractivity (Wildman–Crippen MR) is 107 cm³/mol. The Morgan fingerprint density at radius 2 is 1.44 bits per heavy atom. The van der Waals surface area contributed by atoms with Crippen LogP contribution in [0, 0.1) is 6.92 Å². The molecule has 0 aromatic heterocycles. The summed E-state index contributed by atoms with van der Waals surface area (Å²) >= 11 is 0. The summed E-state index contributed by atoms with van der Waals surface area (Å²) in [7, 11) is -3.63. The number of ether oxygens (including phenoxy) is 1. The van der Waals surface area contributed by atoms with Crippen LogP contribution in [0.4, 0.5) is 0 Å². The Morgan fingerprint density at radius 1 is 0.852 bits per heavy atom. The molecule has 0 spiro atoms. The lowest BCUT2D eigenvalue weighted by Gasteiger charge is -2.18. The van der Waals surface area contributed by atoms with Crippen LogP contribution in [0.2, 0.25) is 0 Å². The lowest BCUT2D eigenvalue weighted by molar-refractivity contribution is 0.482. The summed E-state index contributed by atoms with van der Waals surface area (Å²) in [6.45, 7) is 3.97. The van der Waals surface area contributed by atoms with E-state index >= 15 is 0 Å². The van der Waals surface area contributed by atoms with Gasteiger partial charge >= 0.3 is 0 Å². The van der Waals surface area contributed by atoms with Gasteiger partial charge in [-0.25, -0.2) is 13.1 Å². The number of para-hydroxylation sites is 1. The fourth-order valence-corrected chi connectivity index (χ4v) is 4.06. The number of aryl methyl sites for hydroxylation is 1. The molecule has 5 heteroatoms. The molecule has 0 heterocycles. The van der Waals surface area contributed by atoms with Crippen LogP contribution in [0.25, 0.3) is 0 Å². The first-order chi connectivity index (χ1) is 13.0. The summed E-state index contributed by atoms with van der Waals surface area (Å²) in [5.41, 5.74) is 2.10. The number of nitrogens with one attached hydrogen (secondary N) is 1. The third kappa shape index (κ3) is 4.96. The van der Waals surface area contributed by atoms with E-state index in [2.05, 4.69) is 4.72 Å². The predicted octanol–water partition coefficient (Wildman–Crippen LogP) is 5.22. The van der Waals surface area contributed by atoms with E-state index in [9.17, 15) is 8.42 Å². The summed E-state index contributed by atoms with van der Waals surface area (Å²) < 4.78 is 34.0. The van der Waals surface area contributed by atoms with Gasteiger partial charge in [0.25, 0.3) is 0 Å². The molecule has 27 heavy (non-hydrogen) atoms. The number of sulfonamides is 1. The second-order valence-electron chi connectivity index (χ2n) is 6.38. The van der Waals surface area contributed by atoms with Crippen LogP contribution in [-0.2, 0) is 10.0 Å². The molecule has 4 nitrogen and oxygen atoms in total. The highest BCUT2D eigenvalue weighted by molar-refractivity contribution is 7.89. The van der Waals surface area contributed by atoms with Gasteiger partial charge in [-0.3, -0.25) is 0 Å².